The van der Waals surface area contributed by atoms with Gasteiger partial charge in [-0.3, -0.25) is 0 Å². The number of alkyl halides is 1. The molecule has 0 fully saturated rings. The molecule has 0 bridgehead atoms. The van der Waals surface area contributed by atoms with Crippen LogP contribution in [0.15, 0.2) is 18.2 Å². The SMILES string of the molecule is COc1ccc(C(C)F)cc1C(C)CO. The summed E-state index contributed by atoms with van der Waals surface area (Å²) in [6.07, 6.45) is -0.999. The third kappa shape index (κ3) is 2.69. The third-order valence-corrected chi connectivity index (χ3v) is 2.52. The second kappa shape index (κ2) is 5.12. The van der Waals surface area contributed by atoms with Crippen molar-refractivity contribution in [3.63, 3.8) is 0 Å². The predicted octanol–water partition coefficient (Wildman–Crippen LogP) is 2.82. The molecule has 1 aromatic rings. The van der Waals surface area contributed by atoms with Gasteiger partial charge in [-0.1, -0.05) is 13.0 Å². The van der Waals surface area contributed by atoms with E-state index in [0.29, 0.717) is 11.3 Å². The standard InChI is InChI=1S/C12H17FO2/c1-8(7-14)11-6-10(9(2)13)4-5-12(11)15-3/h4-6,8-9,14H,7H2,1-3H3. The van der Waals surface area contributed by atoms with Crippen molar-refractivity contribution in [2.75, 3.05) is 13.7 Å². The molecule has 0 saturated heterocycles. The van der Waals surface area contributed by atoms with Gasteiger partial charge in [-0.05, 0) is 30.2 Å². The van der Waals surface area contributed by atoms with Crippen LogP contribution in [0.1, 0.15) is 37.1 Å². The summed E-state index contributed by atoms with van der Waals surface area (Å²) < 4.78 is 18.3. The minimum Gasteiger partial charge on any atom is -0.496 e. The fourth-order valence-corrected chi connectivity index (χ4v) is 1.48. The molecule has 2 nitrogen and oxygen atoms in total. The number of hydrogen-bond donors (Lipinski definition) is 1. The van der Waals surface area contributed by atoms with Gasteiger partial charge >= 0.3 is 0 Å². The molecule has 3 heteroatoms. The zero-order valence-corrected chi connectivity index (χ0v) is 9.33. The van der Waals surface area contributed by atoms with E-state index >= 15 is 0 Å². The van der Waals surface area contributed by atoms with Gasteiger partial charge in [0.2, 0.25) is 0 Å². The molecular formula is C12H17FO2. The molecule has 1 N–H and O–H groups in total. The number of halogens is 1. The van der Waals surface area contributed by atoms with E-state index in [4.69, 9.17) is 9.84 Å². The van der Waals surface area contributed by atoms with E-state index in [1.54, 1.807) is 25.3 Å². The molecule has 0 amide bonds. The van der Waals surface area contributed by atoms with Crippen molar-refractivity contribution in [3.05, 3.63) is 29.3 Å². The molecule has 2 atom stereocenters. The Hall–Kier alpha value is -1.09. The van der Waals surface area contributed by atoms with Crippen LogP contribution in [0.3, 0.4) is 0 Å². The molecule has 2 unspecified atom stereocenters. The van der Waals surface area contributed by atoms with Gasteiger partial charge < -0.3 is 9.84 Å². The molecule has 84 valence electrons. The van der Waals surface area contributed by atoms with Crippen LogP contribution >= 0.6 is 0 Å². The molecule has 0 heterocycles. The third-order valence-electron chi connectivity index (χ3n) is 2.52. The van der Waals surface area contributed by atoms with E-state index in [2.05, 4.69) is 0 Å². The Morgan fingerprint density at radius 2 is 2.07 bits per heavy atom. The molecule has 1 rings (SSSR count). The number of ether oxygens (including phenoxy) is 1. The fraction of sp³-hybridized carbons (Fsp3) is 0.500. The van der Waals surface area contributed by atoms with Gasteiger partial charge in [-0.25, -0.2) is 4.39 Å². The van der Waals surface area contributed by atoms with Crippen LogP contribution in [0.4, 0.5) is 4.39 Å². The fourth-order valence-electron chi connectivity index (χ4n) is 1.48. The highest BCUT2D eigenvalue weighted by Gasteiger charge is 2.13. The summed E-state index contributed by atoms with van der Waals surface area (Å²) >= 11 is 0. The maximum Gasteiger partial charge on any atom is 0.122 e. The van der Waals surface area contributed by atoms with E-state index < -0.39 is 6.17 Å². The van der Waals surface area contributed by atoms with Crippen molar-refractivity contribution in [2.24, 2.45) is 0 Å². The number of aliphatic hydroxyl groups excluding tert-OH is 1. The predicted molar refractivity (Wildman–Crippen MR) is 58.0 cm³/mol. The number of methoxy groups -OCH3 is 1. The van der Waals surface area contributed by atoms with Gasteiger partial charge in [0.05, 0.1) is 7.11 Å². The first kappa shape index (κ1) is 12.0. The Morgan fingerprint density at radius 1 is 1.40 bits per heavy atom. The molecule has 0 aromatic heterocycles. The molecule has 0 radical (unpaired) electrons. The van der Waals surface area contributed by atoms with E-state index in [1.807, 2.05) is 6.92 Å². The Morgan fingerprint density at radius 3 is 2.53 bits per heavy atom. The maximum absolute atomic E-state index is 13.1. The van der Waals surface area contributed by atoms with Crippen LogP contribution in [0.2, 0.25) is 0 Å². The molecule has 0 saturated carbocycles. The topological polar surface area (TPSA) is 29.5 Å². The highest BCUT2D eigenvalue weighted by molar-refractivity contribution is 5.40. The second-order valence-corrected chi connectivity index (χ2v) is 3.70. The maximum atomic E-state index is 13.1. The number of hydrogen-bond acceptors (Lipinski definition) is 2. The summed E-state index contributed by atoms with van der Waals surface area (Å²) in [5.41, 5.74) is 1.47. The van der Waals surface area contributed by atoms with Crippen LogP contribution in [-0.2, 0) is 0 Å². The van der Waals surface area contributed by atoms with E-state index in [1.165, 1.54) is 6.92 Å². The van der Waals surface area contributed by atoms with Gasteiger partial charge in [0.25, 0.3) is 0 Å². The minimum absolute atomic E-state index is 0.0283. The van der Waals surface area contributed by atoms with Gasteiger partial charge in [0.1, 0.15) is 11.9 Å². The summed E-state index contributed by atoms with van der Waals surface area (Å²) in [6, 6.07) is 5.20. The molecular weight excluding hydrogens is 195 g/mol. The zero-order chi connectivity index (χ0) is 11.4. The summed E-state index contributed by atoms with van der Waals surface area (Å²) in [4.78, 5) is 0. The number of aliphatic hydroxyl groups is 1. The van der Waals surface area contributed by atoms with Crippen molar-refractivity contribution in [2.45, 2.75) is 25.9 Å². The lowest BCUT2D eigenvalue weighted by atomic mass is 9.97. The highest BCUT2D eigenvalue weighted by atomic mass is 19.1. The van der Waals surface area contributed by atoms with Crippen LogP contribution in [0, 0.1) is 0 Å². The first-order chi connectivity index (χ1) is 7.10. The van der Waals surface area contributed by atoms with Crippen LogP contribution in [0.5, 0.6) is 5.75 Å². The quantitative estimate of drug-likeness (QED) is 0.831. The normalized spacial score (nSPS) is 14.7. The van der Waals surface area contributed by atoms with E-state index in [-0.39, 0.29) is 12.5 Å². The van der Waals surface area contributed by atoms with Gasteiger partial charge in [0, 0.05) is 12.5 Å². The van der Waals surface area contributed by atoms with Gasteiger partial charge in [0.15, 0.2) is 0 Å². The van der Waals surface area contributed by atoms with E-state index in [0.717, 1.165) is 5.56 Å². The summed E-state index contributed by atoms with van der Waals surface area (Å²) in [7, 11) is 1.57. The molecule has 15 heavy (non-hydrogen) atoms. The van der Waals surface area contributed by atoms with Crippen molar-refractivity contribution in [1.82, 2.24) is 0 Å². The summed E-state index contributed by atoms with van der Waals surface area (Å²) in [5, 5.41) is 9.09. The van der Waals surface area contributed by atoms with Crippen molar-refractivity contribution < 1.29 is 14.2 Å². The van der Waals surface area contributed by atoms with Crippen LogP contribution in [0.25, 0.3) is 0 Å². The first-order valence-corrected chi connectivity index (χ1v) is 5.03. The largest absolute Gasteiger partial charge is 0.496 e. The summed E-state index contributed by atoms with van der Waals surface area (Å²) in [5.74, 6) is 0.652. The van der Waals surface area contributed by atoms with Gasteiger partial charge in [-0.15, -0.1) is 0 Å². The Kier molecular flexibility index (Phi) is 4.09. The highest BCUT2D eigenvalue weighted by Crippen LogP contribution is 2.30. The Bertz CT molecular complexity index is 323. The molecule has 1 aromatic carbocycles. The second-order valence-electron chi connectivity index (χ2n) is 3.70. The van der Waals surface area contributed by atoms with Crippen molar-refractivity contribution in [1.29, 1.82) is 0 Å². The Balaban J connectivity index is 3.13. The average Bonchev–Trinajstić information content (AvgIpc) is 2.27. The van der Waals surface area contributed by atoms with E-state index in [9.17, 15) is 4.39 Å². The monoisotopic (exact) mass is 212 g/mol. The number of rotatable bonds is 4. The Labute approximate surface area is 89.7 Å². The zero-order valence-electron chi connectivity index (χ0n) is 9.33. The van der Waals surface area contributed by atoms with Crippen LogP contribution < -0.4 is 4.74 Å². The summed E-state index contributed by atoms with van der Waals surface area (Å²) in [6.45, 7) is 3.40. The van der Waals surface area contributed by atoms with Crippen molar-refractivity contribution in [3.8, 4) is 5.75 Å². The smallest absolute Gasteiger partial charge is 0.122 e. The van der Waals surface area contributed by atoms with Crippen LogP contribution in [-0.4, -0.2) is 18.8 Å². The minimum atomic E-state index is -0.999. The average molecular weight is 212 g/mol. The molecule has 0 aliphatic rings. The molecule has 0 aliphatic carbocycles. The number of benzene rings is 1. The lowest BCUT2D eigenvalue weighted by Gasteiger charge is -2.15. The molecule has 0 aliphatic heterocycles. The first-order valence-electron chi connectivity index (χ1n) is 5.03. The molecule has 0 spiro atoms. The lowest BCUT2D eigenvalue weighted by Crippen LogP contribution is -2.03. The van der Waals surface area contributed by atoms with Crippen molar-refractivity contribution >= 4 is 0 Å². The lowest BCUT2D eigenvalue weighted by molar-refractivity contribution is 0.269. The van der Waals surface area contributed by atoms with Gasteiger partial charge in [-0.2, -0.15) is 0 Å².